The second-order valence-electron chi connectivity index (χ2n) is 8.66. The minimum atomic E-state index is -0.164. The third kappa shape index (κ3) is 2.31. The van der Waals surface area contributed by atoms with Gasteiger partial charge in [-0.05, 0) is 80.2 Å². The molecular weight excluding hydrogens is 289 g/mol. The fourth-order valence-corrected chi connectivity index (χ4v) is 6.22. The van der Waals surface area contributed by atoms with Crippen LogP contribution in [0.5, 0.6) is 0 Å². The first kappa shape index (κ1) is 14.0. The van der Waals surface area contributed by atoms with Gasteiger partial charge in [-0.25, -0.2) is 4.39 Å². The third-order valence-electron chi connectivity index (χ3n) is 6.86. The van der Waals surface area contributed by atoms with E-state index in [4.69, 9.17) is 0 Å². The highest BCUT2D eigenvalue weighted by Gasteiger charge is 2.53. The van der Waals surface area contributed by atoms with Crippen LogP contribution in [0.4, 0.5) is 4.39 Å². The van der Waals surface area contributed by atoms with Crippen molar-refractivity contribution in [1.82, 2.24) is 5.32 Å². The van der Waals surface area contributed by atoms with Crippen LogP contribution >= 0.6 is 0 Å². The van der Waals surface area contributed by atoms with Crippen LogP contribution in [0.2, 0.25) is 0 Å². The van der Waals surface area contributed by atoms with Crippen molar-refractivity contribution in [2.45, 2.75) is 56.4 Å². The lowest BCUT2D eigenvalue weighted by Crippen LogP contribution is -2.60. The minimum Gasteiger partial charge on any atom is -0.350 e. The molecule has 23 heavy (non-hydrogen) atoms. The monoisotopic (exact) mass is 313 g/mol. The number of benzene rings is 1. The standard InChI is InChI=1S/C20H24FNO/c21-18-4-2-1-3-15(18)16-8-17(16)19(23)22-20-9-12-5-13(10-20)7-14(6-12)11-20/h1-4,12-14,16-17H,5-11H2,(H,22,23). The maximum absolute atomic E-state index is 13.9. The summed E-state index contributed by atoms with van der Waals surface area (Å²) in [5.41, 5.74) is 0.798. The maximum Gasteiger partial charge on any atom is 0.224 e. The third-order valence-corrected chi connectivity index (χ3v) is 6.86. The minimum absolute atomic E-state index is 0.0140. The molecular formula is C20H24FNO. The number of amides is 1. The molecule has 0 saturated heterocycles. The van der Waals surface area contributed by atoms with E-state index < -0.39 is 0 Å². The number of hydrogen-bond donors (Lipinski definition) is 1. The predicted molar refractivity (Wildman–Crippen MR) is 86.3 cm³/mol. The van der Waals surface area contributed by atoms with Crippen molar-refractivity contribution in [1.29, 1.82) is 0 Å². The number of hydrogen-bond acceptors (Lipinski definition) is 1. The first-order valence-corrected chi connectivity index (χ1v) is 9.18. The molecule has 0 aromatic heterocycles. The SMILES string of the molecule is O=C(NC12CC3CC(CC(C3)C1)C2)C1CC1c1ccccc1F. The first-order chi connectivity index (χ1) is 11.1. The Morgan fingerprint density at radius 3 is 2.22 bits per heavy atom. The highest BCUT2D eigenvalue weighted by atomic mass is 19.1. The van der Waals surface area contributed by atoms with Crippen molar-refractivity contribution >= 4 is 5.91 Å². The van der Waals surface area contributed by atoms with Gasteiger partial charge in [-0.1, -0.05) is 18.2 Å². The maximum atomic E-state index is 13.9. The molecule has 6 rings (SSSR count). The fourth-order valence-electron chi connectivity index (χ4n) is 6.22. The number of halogens is 1. The molecule has 1 aromatic rings. The fraction of sp³-hybridized carbons (Fsp3) is 0.650. The quantitative estimate of drug-likeness (QED) is 0.897. The largest absolute Gasteiger partial charge is 0.350 e. The van der Waals surface area contributed by atoms with Crippen LogP contribution in [0.1, 0.15) is 56.4 Å². The van der Waals surface area contributed by atoms with Gasteiger partial charge < -0.3 is 5.32 Å². The number of rotatable bonds is 3. The van der Waals surface area contributed by atoms with Crippen molar-refractivity contribution in [3.63, 3.8) is 0 Å². The molecule has 0 heterocycles. The number of nitrogens with one attached hydrogen (secondary N) is 1. The Labute approximate surface area is 136 Å². The van der Waals surface area contributed by atoms with E-state index in [2.05, 4.69) is 5.32 Å². The second kappa shape index (κ2) is 4.81. The molecule has 5 saturated carbocycles. The van der Waals surface area contributed by atoms with Gasteiger partial charge in [0.1, 0.15) is 5.82 Å². The summed E-state index contributed by atoms with van der Waals surface area (Å²) in [6.07, 6.45) is 8.51. The summed E-state index contributed by atoms with van der Waals surface area (Å²) in [7, 11) is 0. The van der Waals surface area contributed by atoms with Crippen LogP contribution in [-0.2, 0) is 4.79 Å². The molecule has 2 nitrogen and oxygen atoms in total. The zero-order chi connectivity index (χ0) is 15.6. The Bertz CT molecular complexity index is 620. The lowest BCUT2D eigenvalue weighted by Gasteiger charge is -2.57. The molecule has 2 unspecified atom stereocenters. The van der Waals surface area contributed by atoms with Gasteiger partial charge in [-0.3, -0.25) is 4.79 Å². The van der Waals surface area contributed by atoms with E-state index in [1.807, 2.05) is 12.1 Å². The van der Waals surface area contributed by atoms with E-state index in [9.17, 15) is 9.18 Å². The molecule has 5 aliphatic rings. The highest BCUT2D eigenvalue weighted by Crippen LogP contribution is 2.56. The van der Waals surface area contributed by atoms with Crippen LogP contribution in [0.3, 0.4) is 0 Å². The zero-order valence-electron chi connectivity index (χ0n) is 13.4. The van der Waals surface area contributed by atoms with Gasteiger partial charge in [0.05, 0.1) is 0 Å². The topological polar surface area (TPSA) is 29.1 Å². The summed E-state index contributed by atoms with van der Waals surface area (Å²) in [5, 5.41) is 3.44. The van der Waals surface area contributed by atoms with Gasteiger partial charge in [0.25, 0.3) is 0 Å². The van der Waals surface area contributed by atoms with Crippen molar-refractivity contribution in [2.75, 3.05) is 0 Å². The van der Waals surface area contributed by atoms with Gasteiger partial charge in [0, 0.05) is 11.5 Å². The second-order valence-corrected chi connectivity index (χ2v) is 8.66. The van der Waals surface area contributed by atoms with Crippen molar-refractivity contribution in [3.05, 3.63) is 35.6 Å². The molecule has 0 spiro atoms. The Hall–Kier alpha value is -1.38. The van der Waals surface area contributed by atoms with Gasteiger partial charge in [0.2, 0.25) is 5.91 Å². The number of carbonyl (C=O) groups excluding carboxylic acids is 1. The van der Waals surface area contributed by atoms with E-state index in [1.54, 1.807) is 6.07 Å². The average Bonchev–Trinajstić information content (AvgIpc) is 3.26. The van der Waals surface area contributed by atoms with Gasteiger partial charge in [0.15, 0.2) is 0 Å². The van der Waals surface area contributed by atoms with E-state index in [0.717, 1.165) is 29.7 Å². The molecule has 1 amide bonds. The lowest BCUT2D eigenvalue weighted by molar-refractivity contribution is -0.128. The van der Waals surface area contributed by atoms with Crippen LogP contribution < -0.4 is 5.32 Å². The van der Waals surface area contributed by atoms with Crippen LogP contribution in [0.15, 0.2) is 24.3 Å². The van der Waals surface area contributed by atoms with Crippen LogP contribution in [0.25, 0.3) is 0 Å². The molecule has 1 aromatic carbocycles. The Kier molecular flexibility index (Phi) is 2.93. The van der Waals surface area contributed by atoms with Crippen LogP contribution in [0, 0.1) is 29.5 Å². The van der Waals surface area contributed by atoms with Crippen LogP contribution in [-0.4, -0.2) is 11.4 Å². The summed E-state index contributed by atoms with van der Waals surface area (Å²) >= 11 is 0. The molecule has 5 fully saturated rings. The van der Waals surface area contributed by atoms with E-state index in [0.29, 0.717) is 0 Å². The van der Waals surface area contributed by atoms with Crippen molar-refractivity contribution < 1.29 is 9.18 Å². The summed E-state index contributed by atoms with van der Waals surface area (Å²) in [6.45, 7) is 0. The van der Waals surface area contributed by atoms with E-state index in [1.165, 1.54) is 44.6 Å². The number of carbonyl (C=O) groups is 1. The summed E-state index contributed by atoms with van der Waals surface area (Å²) in [5.74, 6) is 2.60. The molecule has 5 aliphatic carbocycles. The Morgan fingerprint density at radius 1 is 1.00 bits per heavy atom. The molecule has 3 heteroatoms. The molecule has 4 bridgehead atoms. The van der Waals surface area contributed by atoms with Crippen molar-refractivity contribution in [2.24, 2.45) is 23.7 Å². The molecule has 2 atom stereocenters. The highest BCUT2D eigenvalue weighted by molar-refractivity contribution is 5.83. The Morgan fingerprint density at radius 2 is 1.61 bits per heavy atom. The zero-order valence-corrected chi connectivity index (χ0v) is 13.4. The van der Waals surface area contributed by atoms with Gasteiger partial charge in [-0.2, -0.15) is 0 Å². The summed E-state index contributed by atoms with van der Waals surface area (Å²) in [4.78, 5) is 12.8. The molecule has 1 N–H and O–H groups in total. The average molecular weight is 313 g/mol. The lowest BCUT2D eigenvalue weighted by atomic mass is 9.53. The summed E-state index contributed by atoms with van der Waals surface area (Å²) < 4.78 is 13.9. The van der Waals surface area contributed by atoms with Gasteiger partial charge in [-0.15, -0.1) is 0 Å². The molecule has 122 valence electrons. The van der Waals surface area contributed by atoms with E-state index >= 15 is 0 Å². The molecule has 0 aliphatic heterocycles. The normalized spacial score (nSPS) is 43.4. The first-order valence-electron chi connectivity index (χ1n) is 9.18. The Balaban J connectivity index is 1.29. The van der Waals surface area contributed by atoms with Crippen molar-refractivity contribution in [3.8, 4) is 0 Å². The molecule has 0 radical (unpaired) electrons. The van der Waals surface area contributed by atoms with Gasteiger partial charge >= 0.3 is 0 Å². The van der Waals surface area contributed by atoms with E-state index in [-0.39, 0.29) is 29.1 Å². The smallest absolute Gasteiger partial charge is 0.224 e. The summed E-state index contributed by atoms with van der Waals surface area (Å²) in [6, 6.07) is 6.91. The predicted octanol–water partition coefficient (Wildman–Crippen LogP) is 4.01.